The highest BCUT2D eigenvalue weighted by Gasteiger charge is 2.31. The van der Waals surface area contributed by atoms with Crippen molar-refractivity contribution < 1.29 is 10.2 Å². The van der Waals surface area contributed by atoms with Crippen LogP contribution < -0.4 is 5.32 Å². The van der Waals surface area contributed by atoms with Gasteiger partial charge >= 0.3 is 0 Å². The molecule has 0 radical (unpaired) electrons. The lowest BCUT2D eigenvalue weighted by Gasteiger charge is -2.39. The Morgan fingerprint density at radius 3 is 2.33 bits per heavy atom. The maximum Gasteiger partial charge on any atom is 0.0633 e. The Balaban J connectivity index is 2.54. The average molecular weight is 215 g/mol. The highest BCUT2D eigenvalue weighted by molar-refractivity contribution is 4.90. The molecule has 0 heterocycles. The Kier molecular flexibility index (Phi) is 4.56. The number of rotatable bonds is 4. The zero-order chi connectivity index (χ0) is 11.5. The van der Waals surface area contributed by atoms with Crippen LogP contribution in [-0.2, 0) is 0 Å². The minimum absolute atomic E-state index is 0.0128. The Morgan fingerprint density at radius 1 is 1.20 bits per heavy atom. The number of aliphatic hydroxyl groups excluding tert-OH is 2. The fourth-order valence-corrected chi connectivity index (χ4v) is 2.32. The topological polar surface area (TPSA) is 52.5 Å². The lowest BCUT2D eigenvalue weighted by Crippen LogP contribution is -2.56. The molecule has 1 aliphatic carbocycles. The van der Waals surface area contributed by atoms with Gasteiger partial charge in [-0.2, -0.15) is 0 Å². The summed E-state index contributed by atoms with van der Waals surface area (Å²) in [4.78, 5) is 0. The van der Waals surface area contributed by atoms with Crippen molar-refractivity contribution >= 4 is 0 Å². The third kappa shape index (κ3) is 3.44. The molecule has 15 heavy (non-hydrogen) atoms. The molecule has 1 aliphatic rings. The van der Waals surface area contributed by atoms with Gasteiger partial charge in [0.25, 0.3) is 0 Å². The van der Waals surface area contributed by atoms with Gasteiger partial charge in [0.15, 0.2) is 0 Å². The van der Waals surface area contributed by atoms with E-state index in [0.717, 1.165) is 12.3 Å². The molecule has 0 aromatic heterocycles. The van der Waals surface area contributed by atoms with E-state index in [0.29, 0.717) is 12.0 Å². The summed E-state index contributed by atoms with van der Waals surface area (Å²) >= 11 is 0. The molecule has 3 heteroatoms. The van der Waals surface area contributed by atoms with Gasteiger partial charge in [-0.3, -0.25) is 0 Å². The molecule has 0 bridgehead atoms. The summed E-state index contributed by atoms with van der Waals surface area (Å²) in [6.45, 7) is 6.37. The van der Waals surface area contributed by atoms with Crippen LogP contribution in [0.3, 0.4) is 0 Å². The van der Waals surface area contributed by atoms with Gasteiger partial charge < -0.3 is 15.5 Å². The molecule has 0 aliphatic heterocycles. The normalized spacial score (nSPS) is 33.0. The number of hydrogen-bond acceptors (Lipinski definition) is 3. The molecule has 1 saturated carbocycles. The van der Waals surface area contributed by atoms with Gasteiger partial charge in [0, 0.05) is 6.04 Å². The van der Waals surface area contributed by atoms with Gasteiger partial charge in [-0.15, -0.1) is 0 Å². The quantitative estimate of drug-likeness (QED) is 0.659. The maximum absolute atomic E-state index is 9.25. The van der Waals surface area contributed by atoms with Gasteiger partial charge in [-0.1, -0.05) is 20.3 Å². The standard InChI is InChI=1S/C12H25NO2/c1-9-4-5-10(2)11(6-9)13-12(3,7-14)8-15/h9-11,13-15H,4-8H2,1-3H3. The number of nitrogens with one attached hydrogen (secondary N) is 1. The summed E-state index contributed by atoms with van der Waals surface area (Å²) in [6, 6.07) is 0.429. The summed E-state index contributed by atoms with van der Waals surface area (Å²) in [5.41, 5.74) is -0.532. The molecule has 1 fully saturated rings. The van der Waals surface area contributed by atoms with E-state index in [1.165, 1.54) is 12.8 Å². The predicted octanol–water partition coefficient (Wildman–Crippen LogP) is 1.14. The molecular weight excluding hydrogens is 190 g/mol. The summed E-state index contributed by atoms with van der Waals surface area (Å²) in [7, 11) is 0. The van der Waals surface area contributed by atoms with E-state index in [1.54, 1.807) is 0 Å². The van der Waals surface area contributed by atoms with E-state index >= 15 is 0 Å². The fourth-order valence-electron chi connectivity index (χ4n) is 2.32. The lowest BCUT2D eigenvalue weighted by atomic mass is 9.79. The van der Waals surface area contributed by atoms with Crippen LogP contribution in [0.2, 0.25) is 0 Å². The van der Waals surface area contributed by atoms with Crippen molar-refractivity contribution in [3.05, 3.63) is 0 Å². The number of hydrogen-bond donors (Lipinski definition) is 3. The van der Waals surface area contributed by atoms with E-state index in [4.69, 9.17) is 0 Å². The summed E-state index contributed by atoms with van der Waals surface area (Å²) in [6.07, 6.45) is 3.69. The Hall–Kier alpha value is -0.120. The molecule has 0 saturated heterocycles. The molecule has 0 aromatic carbocycles. The van der Waals surface area contributed by atoms with Crippen molar-refractivity contribution in [3.8, 4) is 0 Å². The van der Waals surface area contributed by atoms with Gasteiger partial charge in [-0.25, -0.2) is 0 Å². The van der Waals surface area contributed by atoms with Gasteiger partial charge in [-0.05, 0) is 31.6 Å². The maximum atomic E-state index is 9.25. The third-order valence-corrected chi connectivity index (χ3v) is 3.69. The van der Waals surface area contributed by atoms with E-state index < -0.39 is 5.54 Å². The minimum atomic E-state index is -0.532. The first kappa shape index (κ1) is 12.9. The van der Waals surface area contributed by atoms with Crippen LogP contribution in [0.1, 0.15) is 40.0 Å². The predicted molar refractivity (Wildman–Crippen MR) is 61.7 cm³/mol. The molecule has 3 nitrogen and oxygen atoms in total. The Labute approximate surface area is 92.9 Å². The molecule has 90 valence electrons. The van der Waals surface area contributed by atoms with E-state index in [9.17, 15) is 10.2 Å². The van der Waals surface area contributed by atoms with Crippen LogP contribution >= 0.6 is 0 Å². The molecule has 3 N–H and O–H groups in total. The molecule has 0 aromatic rings. The van der Waals surface area contributed by atoms with E-state index in [-0.39, 0.29) is 13.2 Å². The van der Waals surface area contributed by atoms with Crippen molar-refractivity contribution in [2.75, 3.05) is 13.2 Å². The van der Waals surface area contributed by atoms with Crippen molar-refractivity contribution in [1.29, 1.82) is 0 Å². The Morgan fingerprint density at radius 2 is 1.80 bits per heavy atom. The van der Waals surface area contributed by atoms with Crippen molar-refractivity contribution in [2.24, 2.45) is 11.8 Å². The first-order valence-electron chi connectivity index (χ1n) is 6.00. The zero-order valence-electron chi connectivity index (χ0n) is 10.2. The molecule has 3 atom stereocenters. The van der Waals surface area contributed by atoms with Crippen molar-refractivity contribution in [3.63, 3.8) is 0 Å². The number of aliphatic hydroxyl groups is 2. The zero-order valence-corrected chi connectivity index (χ0v) is 10.2. The van der Waals surface area contributed by atoms with Gasteiger partial charge in [0.1, 0.15) is 0 Å². The SMILES string of the molecule is CC1CCC(C)C(NC(C)(CO)CO)C1. The monoisotopic (exact) mass is 215 g/mol. The summed E-state index contributed by atoms with van der Waals surface area (Å²) in [5, 5.41) is 21.9. The van der Waals surface area contributed by atoms with E-state index in [1.807, 2.05) is 6.92 Å². The molecule has 3 unspecified atom stereocenters. The van der Waals surface area contributed by atoms with Crippen LogP contribution in [0.15, 0.2) is 0 Å². The third-order valence-electron chi connectivity index (χ3n) is 3.69. The van der Waals surface area contributed by atoms with Gasteiger partial charge in [0.05, 0.1) is 18.8 Å². The molecule has 0 amide bonds. The Bertz CT molecular complexity index is 192. The summed E-state index contributed by atoms with van der Waals surface area (Å²) < 4.78 is 0. The largest absolute Gasteiger partial charge is 0.394 e. The molecule has 0 spiro atoms. The second-order valence-corrected chi connectivity index (χ2v) is 5.52. The summed E-state index contributed by atoms with van der Waals surface area (Å²) in [5.74, 6) is 1.39. The average Bonchev–Trinajstić information content (AvgIpc) is 2.23. The van der Waals surface area contributed by atoms with Crippen LogP contribution in [0.25, 0.3) is 0 Å². The van der Waals surface area contributed by atoms with E-state index in [2.05, 4.69) is 19.2 Å². The first-order valence-corrected chi connectivity index (χ1v) is 6.00. The first-order chi connectivity index (χ1) is 7.00. The van der Waals surface area contributed by atoms with Crippen LogP contribution in [0, 0.1) is 11.8 Å². The second-order valence-electron chi connectivity index (χ2n) is 5.52. The van der Waals surface area contributed by atoms with Gasteiger partial charge in [0.2, 0.25) is 0 Å². The van der Waals surface area contributed by atoms with Crippen molar-refractivity contribution in [2.45, 2.75) is 51.6 Å². The van der Waals surface area contributed by atoms with Crippen LogP contribution in [0.4, 0.5) is 0 Å². The highest BCUT2D eigenvalue weighted by atomic mass is 16.3. The fraction of sp³-hybridized carbons (Fsp3) is 1.00. The lowest BCUT2D eigenvalue weighted by molar-refractivity contribution is 0.0734. The van der Waals surface area contributed by atoms with Crippen LogP contribution in [-0.4, -0.2) is 35.0 Å². The second kappa shape index (κ2) is 5.28. The van der Waals surface area contributed by atoms with Crippen LogP contribution in [0.5, 0.6) is 0 Å². The highest BCUT2D eigenvalue weighted by Crippen LogP contribution is 2.29. The smallest absolute Gasteiger partial charge is 0.0633 e. The minimum Gasteiger partial charge on any atom is -0.394 e. The van der Waals surface area contributed by atoms with Crippen molar-refractivity contribution in [1.82, 2.24) is 5.32 Å². The molecule has 1 rings (SSSR count). The molecular formula is C12H25NO2.